The first-order valence-electron chi connectivity index (χ1n) is 4.96. The van der Waals surface area contributed by atoms with Crippen LogP contribution in [0.5, 0.6) is 0 Å². The molecule has 1 aliphatic heterocycles. The smallest absolute Gasteiger partial charge is 0.259 e. The summed E-state index contributed by atoms with van der Waals surface area (Å²) < 4.78 is 5.37. The molecular formula is C10H9ClN2O2S. The summed E-state index contributed by atoms with van der Waals surface area (Å²) in [5.74, 6) is 0.753. The van der Waals surface area contributed by atoms with Crippen molar-refractivity contribution in [2.24, 2.45) is 0 Å². The Morgan fingerprint density at radius 2 is 2.44 bits per heavy atom. The quantitative estimate of drug-likeness (QED) is 0.792. The van der Waals surface area contributed by atoms with E-state index in [0.717, 1.165) is 27.1 Å². The molecule has 0 aliphatic carbocycles. The van der Waals surface area contributed by atoms with Gasteiger partial charge in [0.1, 0.15) is 10.7 Å². The lowest BCUT2D eigenvalue weighted by Crippen LogP contribution is -2.14. The number of aromatic nitrogens is 2. The van der Waals surface area contributed by atoms with Gasteiger partial charge in [-0.25, -0.2) is 4.98 Å². The van der Waals surface area contributed by atoms with Crippen LogP contribution in [-0.4, -0.2) is 16.6 Å². The Bertz CT molecular complexity index is 605. The number of hydrogen-bond acceptors (Lipinski definition) is 4. The number of H-pyrrole nitrogens is 1. The van der Waals surface area contributed by atoms with Gasteiger partial charge in [0.2, 0.25) is 0 Å². The monoisotopic (exact) mass is 256 g/mol. The topological polar surface area (TPSA) is 55.0 Å². The highest BCUT2D eigenvalue weighted by Gasteiger charge is 2.19. The van der Waals surface area contributed by atoms with Gasteiger partial charge in [0.15, 0.2) is 0 Å². The van der Waals surface area contributed by atoms with Crippen LogP contribution in [0.2, 0.25) is 0 Å². The van der Waals surface area contributed by atoms with Crippen LogP contribution in [0.1, 0.15) is 16.3 Å². The molecular weight excluding hydrogens is 248 g/mol. The third-order valence-corrected chi connectivity index (χ3v) is 4.00. The molecule has 0 amide bonds. The van der Waals surface area contributed by atoms with Crippen molar-refractivity contribution in [1.82, 2.24) is 9.97 Å². The van der Waals surface area contributed by atoms with Gasteiger partial charge in [-0.15, -0.1) is 22.9 Å². The second kappa shape index (κ2) is 3.84. The van der Waals surface area contributed by atoms with Gasteiger partial charge in [-0.05, 0) is 12.0 Å². The minimum atomic E-state index is -0.0833. The first-order valence-corrected chi connectivity index (χ1v) is 6.32. The van der Waals surface area contributed by atoms with E-state index >= 15 is 0 Å². The lowest BCUT2D eigenvalue weighted by molar-refractivity contribution is 0.114. The Morgan fingerprint density at radius 1 is 1.56 bits per heavy atom. The summed E-state index contributed by atoms with van der Waals surface area (Å²) in [6, 6.07) is 0. The number of alkyl halides is 1. The molecule has 2 aromatic heterocycles. The average molecular weight is 257 g/mol. The Kier molecular flexibility index (Phi) is 2.46. The molecule has 16 heavy (non-hydrogen) atoms. The highest BCUT2D eigenvalue weighted by atomic mass is 35.5. The second-order valence-electron chi connectivity index (χ2n) is 3.63. The maximum absolute atomic E-state index is 11.9. The molecule has 0 atom stereocenters. The van der Waals surface area contributed by atoms with E-state index in [0.29, 0.717) is 19.0 Å². The van der Waals surface area contributed by atoms with Crippen molar-refractivity contribution in [1.29, 1.82) is 0 Å². The third kappa shape index (κ3) is 1.47. The maximum atomic E-state index is 11.9. The fraction of sp³-hybridized carbons (Fsp3) is 0.400. The fourth-order valence-electron chi connectivity index (χ4n) is 1.94. The molecule has 1 aliphatic rings. The lowest BCUT2D eigenvalue weighted by atomic mass is 10.1. The summed E-state index contributed by atoms with van der Waals surface area (Å²) in [6.45, 7) is 1.27. The van der Waals surface area contributed by atoms with Gasteiger partial charge in [-0.2, -0.15) is 0 Å². The predicted molar refractivity (Wildman–Crippen MR) is 63.2 cm³/mol. The third-order valence-electron chi connectivity index (χ3n) is 2.65. The highest BCUT2D eigenvalue weighted by molar-refractivity contribution is 7.18. The molecule has 0 bridgehead atoms. The van der Waals surface area contributed by atoms with E-state index in [1.807, 2.05) is 0 Å². The number of hydrogen-bond donors (Lipinski definition) is 1. The van der Waals surface area contributed by atoms with E-state index < -0.39 is 0 Å². The van der Waals surface area contributed by atoms with E-state index in [4.69, 9.17) is 16.3 Å². The largest absolute Gasteiger partial charge is 0.376 e. The highest BCUT2D eigenvalue weighted by Crippen LogP contribution is 2.31. The van der Waals surface area contributed by atoms with Gasteiger partial charge in [0.25, 0.3) is 5.56 Å². The average Bonchev–Trinajstić information content (AvgIpc) is 2.67. The lowest BCUT2D eigenvalue weighted by Gasteiger charge is -2.10. The SMILES string of the molecule is O=c1[nH]c(CCl)nc2sc3c(c12)CCOC3. The maximum Gasteiger partial charge on any atom is 0.259 e. The summed E-state index contributed by atoms with van der Waals surface area (Å²) in [5.41, 5.74) is 1.01. The van der Waals surface area contributed by atoms with Gasteiger partial charge in [-0.3, -0.25) is 4.79 Å². The number of ether oxygens (including phenoxy) is 1. The molecule has 3 rings (SSSR count). The van der Waals surface area contributed by atoms with Crippen LogP contribution in [0.4, 0.5) is 0 Å². The summed E-state index contributed by atoms with van der Waals surface area (Å²) in [5, 5.41) is 0.720. The van der Waals surface area contributed by atoms with Crippen molar-refractivity contribution in [2.45, 2.75) is 18.9 Å². The number of fused-ring (bicyclic) bond motifs is 3. The van der Waals surface area contributed by atoms with Crippen LogP contribution in [0.3, 0.4) is 0 Å². The summed E-state index contributed by atoms with van der Waals surface area (Å²) in [6.07, 6.45) is 0.792. The van der Waals surface area contributed by atoms with Crippen molar-refractivity contribution in [3.8, 4) is 0 Å². The molecule has 1 N–H and O–H groups in total. The Labute approximate surface area is 100 Å². The van der Waals surface area contributed by atoms with Crippen LogP contribution in [-0.2, 0) is 23.6 Å². The van der Waals surface area contributed by atoms with Gasteiger partial charge in [-0.1, -0.05) is 0 Å². The molecule has 2 aromatic rings. The number of thiophene rings is 1. The summed E-state index contributed by atoms with van der Waals surface area (Å²) in [7, 11) is 0. The van der Waals surface area contributed by atoms with Gasteiger partial charge < -0.3 is 9.72 Å². The first kappa shape index (κ1) is 10.3. The van der Waals surface area contributed by atoms with E-state index in [1.54, 1.807) is 0 Å². The second-order valence-corrected chi connectivity index (χ2v) is 4.98. The van der Waals surface area contributed by atoms with E-state index in [1.165, 1.54) is 11.3 Å². The molecule has 0 saturated heterocycles. The minimum Gasteiger partial charge on any atom is -0.376 e. The Hall–Kier alpha value is -0.910. The molecule has 0 aromatic carbocycles. The van der Waals surface area contributed by atoms with Crippen LogP contribution in [0, 0.1) is 0 Å². The number of rotatable bonds is 1. The van der Waals surface area contributed by atoms with E-state index in [9.17, 15) is 4.79 Å². The molecule has 0 unspecified atom stereocenters. The van der Waals surface area contributed by atoms with Crippen LogP contribution in [0.25, 0.3) is 10.2 Å². The predicted octanol–water partition coefficient (Wildman–Crippen LogP) is 1.80. The van der Waals surface area contributed by atoms with Crippen molar-refractivity contribution in [3.63, 3.8) is 0 Å². The summed E-state index contributed by atoms with van der Waals surface area (Å²) >= 11 is 7.20. The Morgan fingerprint density at radius 3 is 3.25 bits per heavy atom. The molecule has 84 valence electrons. The van der Waals surface area contributed by atoms with Crippen molar-refractivity contribution in [2.75, 3.05) is 6.61 Å². The van der Waals surface area contributed by atoms with Crippen molar-refractivity contribution < 1.29 is 4.74 Å². The zero-order valence-corrected chi connectivity index (χ0v) is 9.95. The first-order chi connectivity index (χ1) is 7.79. The summed E-state index contributed by atoms with van der Waals surface area (Å²) in [4.78, 5) is 20.8. The molecule has 4 nitrogen and oxygen atoms in total. The number of aromatic amines is 1. The molecule has 0 fully saturated rings. The van der Waals surface area contributed by atoms with Crippen LogP contribution < -0.4 is 5.56 Å². The zero-order valence-electron chi connectivity index (χ0n) is 8.38. The van der Waals surface area contributed by atoms with Gasteiger partial charge in [0.05, 0.1) is 24.5 Å². The number of nitrogens with one attached hydrogen (secondary N) is 1. The van der Waals surface area contributed by atoms with Crippen molar-refractivity contribution >= 4 is 33.2 Å². The molecule has 3 heterocycles. The fourth-order valence-corrected chi connectivity index (χ4v) is 3.24. The molecule has 0 spiro atoms. The van der Waals surface area contributed by atoms with Gasteiger partial charge >= 0.3 is 0 Å². The van der Waals surface area contributed by atoms with Crippen molar-refractivity contribution in [3.05, 3.63) is 26.6 Å². The zero-order chi connectivity index (χ0) is 11.1. The number of halogens is 1. The molecule has 0 saturated carbocycles. The van der Waals surface area contributed by atoms with Gasteiger partial charge in [0, 0.05) is 4.88 Å². The van der Waals surface area contributed by atoms with E-state index in [2.05, 4.69) is 9.97 Å². The Balaban J connectivity index is 2.34. The molecule has 0 radical (unpaired) electrons. The molecule has 6 heteroatoms. The number of nitrogens with zero attached hydrogens (tertiary/aromatic N) is 1. The van der Waals surface area contributed by atoms with Crippen LogP contribution >= 0.6 is 22.9 Å². The standard InChI is InChI=1S/C10H9ClN2O2S/c11-3-7-12-9(14)8-5-1-2-15-4-6(5)16-10(8)13-7/h1-4H2,(H,12,13,14). The minimum absolute atomic E-state index is 0.0833. The van der Waals surface area contributed by atoms with Crippen LogP contribution in [0.15, 0.2) is 4.79 Å². The van der Waals surface area contributed by atoms with E-state index in [-0.39, 0.29) is 11.4 Å². The normalized spacial score (nSPS) is 15.3.